The Bertz CT molecular complexity index is 955. The van der Waals surface area contributed by atoms with E-state index in [0.29, 0.717) is 11.7 Å². The van der Waals surface area contributed by atoms with Crippen molar-refractivity contribution < 1.29 is 9.53 Å². The van der Waals surface area contributed by atoms with Crippen molar-refractivity contribution in [1.82, 2.24) is 25.5 Å². The van der Waals surface area contributed by atoms with Crippen LogP contribution in [0.5, 0.6) is 0 Å². The Balaban J connectivity index is 1.28. The molecule has 0 aliphatic carbocycles. The van der Waals surface area contributed by atoms with Gasteiger partial charge in [0.2, 0.25) is 11.1 Å². The second kappa shape index (κ2) is 9.86. The van der Waals surface area contributed by atoms with Crippen molar-refractivity contribution in [2.75, 3.05) is 12.4 Å². The SMILES string of the molecule is CC(NC(=O)CSc1nnnn1CC1CCCO1)c1ccc(-c2ccccc2)cc1. The molecule has 7 nitrogen and oxygen atoms in total. The lowest BCUT2D eigenvalue weighted by atomic mass is 10.0. The zero-order chi connectivity index (χ0) is 20.8. The Labute approximate surface area is 180 Å². The molecule has 1 fully saturated rings. The Morgan fingerprint density at radius 1 is 1.20 bits per heavy atom. The topological polar surface area (TPSA) is 81.9 Å². The first-order valence-electron chi connectivity index (χ1n) is 10.1. The van der Waals surface area contributed by atoms with Crippen molar-refractivity contribution >= 4 is 17.7 Å². The van der Waals surface area contributed by atoms with E-state index in [4.69, 9.17) is 4.74 Å². The van der Waals surface area contributed by atoms with Gasteiger partial charge < -0.3 is 10.1 Å². The van der Waals surface area contributed by atoms with Crippen LogP contribution in [0.3, 0.4) is 0 Å². The number of benzene rings is 2. The molecule has 0 bridgehead atoms. The standard InChI is InChI=1S/C22H25N5O2S/c1-16(17-9-11-19(12-10-17)18-6-3-2-4-7-18)23-21(28)15-30-22-24-25-26-27(22)14-20-8-5-13-29-20/h2-4,6-7,9-12,16,20H,5,8,13-15H2,1H3,(H,23,28). The largest absolute Gasteiger partial charge is 0.376 e. The van der Waals surface area contributed by atoms with Crippen LogP contribution < -0.4 is 5.32 Å². The number of nitrogens with one attached hydrogen (secondary N) is 1. The number of amides is 1. The summed E-state index contributed by atoms with van der Waals surface area (Å²) in [6.07, 6.45) is 2.24. The van der Waals surface area contributed by atoms with Gasteiger partial charge in [-0.15, -0.1) is 5.10 Å². The molecule has 1 aliphatic rings. The van der Waals surface area contributed by atoms with E-state index in [1.165, 1.54) is 17.3 Å². The van der Waals surface area contributed by atoms with Gasteiger partial charge in [0, 0.05) is 6.61 Å². The Morgan fingerprint density at radius 3 is 2.70 bits per heavy atom. The number of carbonyl (C=O) groups excluding carboxylic acids is 1. The summed E-state index contributed by atoms with van der Waals surface area (Å²) in [5.74, 6) is 0.213. The third kappa shape index (κ3) is 5.25. The predicted molar refractivity (Wildman–Crippen MR) is 116 cm³/mol. The number of ether oxygens (including phenoxy) is 1. The third-order valence-electron chi connectivity index (χ3n) is 5.13. The molecule has 0 spiro atoms. The maximum Gasteiger partial charge on any atom is 0.230 e. The number of nitrogens with zero attached hydrogens (tertiary/aromatic N) is 4. The minimum absolute atomic E-state index is 0.0497. The molecule has 3 aromatic rings. The van der Waals surface area contributed by atoms with Crippen LogP contribution in [0.4, 0.5) is 0 Å². The van der Waals surface area contributed by atoms with Gasteiger partial charge in [0.1, 0.15) is 0 Å². The zero-order valence-corrected chi connectivity index (χ0v) is 17.7. The van der Waals surface area contributed by atoms with Crippen molar-refractivity contribution in [3.05, 3.63) is 60.2 Å². The average Bonchev–Trinajstić information content (AvgIpc) is 3.45. The molecule has 0 radical (unpaired) electrons. The molecule has 30 heavy (non-hydrogen) atoms. The van der Waals surface area contributed by atoms with Gasteiger partial charge in [-0.3, -0.25) is 4.79 Å². The highest BCUT2D eigenvalue weighted by Crippen LogP contribution is 2.22. The molecule has 156 valence electrons. The van der Waals surface area contributed by atoms with Crippen molar-refractivity contribution in [3.63, 3.8) is 0 Å². The minimum Gasteiger partial charge on any atom is -0.376 e. The first kappa shape index (κ1) is 20.6. The quantitative estimate of drug-likeness (QED) is 0.559. The molecule has 4 rings (SSSR count). The molecule has 1 N–H and O–H groups in total. The van der Waals surface area contributed by atoms with Gasteiger partial charge in [-0.05, 0) is 46.9 Å². The van der Waals surface area contributed by atoms with Gasteiger partial charge in [0.05, 0.1) is 24.4 Å². The molecule has 1 amide bonds. The number of rotatable bonds is 8. The molecule has 1 aromatic heterocycles. The average molecular weight is 424 g/mol. The second-order valence-corrected chi connectivity index (χ2v) is 8.29. The smallest absolute Gasteiger partial charge is 0.230 e. The molecule has 0 saturated carbocycles. The lowest BCUT2D eigenvalue weighted by molar-refractivity contribution is -0.119. The van der Waals surface area contributed by atoms with Crippen LogP contribution in [0.25, 0.3) is 11.1 Å². The number of hydrogen-bond acceptors (Lipinski definition) is 6. The molecule has 2 unspecified atom stereocenters. The van der Waals surface area contributed by atoms with Crippen LogP contribution in [0.15, 0.2) is 59.8 Å². The van der Waals surface area contributed by atoms with Gasteiger partial charge in [-0.1, -0.05) is 66.4 Å². The van der Waals surface area contributed by atoms with E-state index in [2.05, 4.69) is 57.2 Å². The predicted octanol–water partition coefficient (Wildman–Crippen LogP) is 3.49. The van der Waals surface area contributed by atoms with E-state index in [0.717, 1.165) is 30.6 Å². The van der Waals surface area contributed by atoms with Gasteiger partial charge in [-0.2, -0.15) is 0 Å². The number of hydrogen-bond donors (Lipinski definition) is 1. The lowest BCUT2D eigenvalue weighted by Gasteiger charge is -2.15. The number of aromatic nitrogens is 4. The first-order valence-corrected chi connectivity index (χ1v) is 11.1. The molecular weight excluding hydrogens is 398 g/mol. The van der Waals surface area contributed by atoms with Crippen LogP contribution in [-0.2, 0) is 16.1 Å². The van der Waals surface area contributed by atoms with E-state index in [1.54, 1.807) is 4.68 Å². The van der Waals surface area contributed by atoms with Crippen LogP contribution in [-0.4, -0.2) is 44.6 Å². The molecular formula is C22H25N5O2S. The normalized spacial score (nSPS) is 17.0. The number of carbonyl (C=O) groups is 1. The highest BCUT2D eigenvalue weighted by Gasteiger charge is 2.19. The summed E-state index contributed by atoms with van der Waals surface area (Å²) in [6, 6.07) is 18.4. The summed E-state index contributed by atoms with van der Waals surface area (Å²) in [4.78, 5) is 12.4. The third-order valence-corrected chi connectivity index (χ3v) is 6.08. The van der Waals surface area contributed by atoms with Crippen LogP contribution in [0, 0.1) is 0 Å². The molecule has 2 heterocycles. The fourth-order valence-corrected chi connectivity index (χ4v) is 4.18. The fraction of sp³-hybridized carbons (Fsp3) is 0.364. The van der Waals surface area contributed by atoms with Crippen LogP contribution >= 0.6 is 11.8 Å². The molecule has 1 aliphatic heterocycles. The van der Waals surface area contributed by atoms with Gasteiger partial charge in [-0.25, -0.2) is 4.68 Å². The molecule has 8 heteroatoms. The van der Waals surface area contributed by atoms with E-state index in [-0.39, 0.29) is 23.8 Å². The highest BCUT2D eigenvalue weighted by molar-refractivity contribution is 7.99. The van der Waals surface area contributed by atoms with Crippen molar-refractivity contribution in [3.8, 4) is 11.1 Å². The van der Waals surface area contributed by atoms with Crippen LogP contribution in [0.2, 0.25) is 0 Å². The fourth-order valence-electron chi connectivity index (χ4n) is 3.49. The zero-order valence-electron chi connectivity index (χ0n) is 16.9. The highest BCUT2D eigenvalue weighted by atomic mass is 32.2. The maximum absolute atomic E-state index is 12.4. The molecule has 2 aromatic carbocycles. The van der Waals surface area contributed by atoms with Crippen LogP contribution in [0.1, 0.15) is 31.4 Å². The van der Waals surface area contributed by atoms with E-state index in [9.17, 15) is 4.79 Å². The Morgan fingerprint density at radius 2 is 1.97 bits per heavy atom. The summed E-state index contributed by atoms with van der Waals surface area (Å²) in [7, 11) is 0. The van der Waals surface area contributed by atoms with E-state index < -0.39 is 0 Å². The lowest BCUT2D eigenvalue weighted by Crippen LogP contribution is -2.28. The number of thioether (sulfide) groups is 1. The Kier molecular flexibility index (Phi) is 6.76. The summed E-state index contributed by atoms with van der Waals surface area (Å²) >= 11 is 1.34. The molecule has 2 atom stereocenters. The first-order chi connectivity index (χ1) is 14.7. The maximum atomic E-state index is 12.4. The summed E-state index contributed by atoms with van der Waals surface area (Å²) in [5.41, 5.74) is 3.40. The molecule has 1 saturated heterocycles. The second-order valence-electron chi connectivity index (χ2n) is 7.34. The number of tetrazole rings is 1. The minimum atomic E-state index is -0.0780. The monoisotopic (exact) mass is 423 g/mol. The summed E-state index contributed by atoms with van der Waals surface area (Å²) in [5, 5.41) is 15.5. The van der Waals surface area contributed by atoms with E-state index >= 15 is 0 Å². The van der Waals surface area contributed by atoms with Crippen molar-refractivity contribution in [2.24, 2.45) is 0 Å². The van der Waals surface area contributed by atoms with Crippen molar-refractivity contribution in [2.45, 2.75) is 43.6 Å². The summed E-state index contributed by atoms with van der Waals surface area (Å²) < 4.78 is 7.36. The Hall–Kier alpha value is -2.71. The van der Waals surface area contributed by atoms with Gasteiger partial charge in [0.15, 0.2) is 0 Å². The van der Waals surface area contributed by atoms with Gasteiger partial charge >= 0.3 is 0 Å². The van der Waals surface area contributed by atoms with Gasteiger partial charge in [0.25, 0.3) is 0 Å². The van der Waals surface area contributed by atoms with Crippen molar-refractivity contribution in [1.29, 1.82) is 0 Å². The van der Waals surface area contributed by atoms with E-state index in [1.807, 2.05) is 25.1 Å². The summed E-state index contributed by atoms with van der Waals surface area (Å²) in [6.45, 7) is 3.41.